The van der Waals surface area contributed by atoms with E-state index in [0.29, 0.717) is 11.4 Å². The van der Waals surface area contributed by atoms with E-state index in [1.807, 2.05) is 24.3 Å². The lowest BCUT2D eigenvalue weighted by molar-refractivity contribution is 0.102. The van der Waals surface area contributed by atoms with Crippen molar-refractivity contribution < 1.29 is 9.53 Å². The Hall–Kier alpha value is -2.97. The standard InChI is InChI=1S/C21H21N5O2S/c27-20(24-16-2-1-6-23-19(16)26-9-7-22-8-10-26)17-13-29-21(25-17)15-3-4-18-14(12-15)5-11-28-18/h1-4,6,12-13,22H,5,7-11H2,(H,24,27). The third-order valence-corrected chi connectivity index (χ3v) is 6.02. The fourth-order valence-corrected chi connectivity index (χ4v) is 4.44. The molecule has 1 fully saturated rings. The minimum Gasteiger partial charge on any atom is -0.493 e. The van der Waals surface area contributed by atoms with Gasteiger partial charge in [0, 0.05) is 49.7 Å². The molecule has 2 N–H and O–H groups in total. The predicted molar refractivity (Wildman–Crippen MR) is 114 cm³/mol. The van der Waals surface area contributed by atoms with Crippen LogP contribution in [0.25, 0.3) is 10.6 Å². The second-order valence-electron chi connectivity index (χ2n) is 7.02. The maximum Gasteiger partial charge on any atom is 0.275 e. The number of amides is 1. The van der Waals surface area contributed by atoms with Crippen molar-refractivity contribution in [2.75, 3.05) is 43.0 Å². The van der Waals surface area contributed by atoms with Gasteiger partial charge in [-0.25, -0.2) is 9.97 Å². The molecule has 29 heavy (non-hydrogen) atoms. The van der Waals surface area contributed by atoms with E-state index in [-0.39, 0.29) is 5.91 Å². The number of thiazole rings is 1. The van der Waals surface area contributed by atoms with Gasteiger partial charge in [-0.2, -0.15) is 0 Å². The number of hydrogen-bond donors (Lipinski definition) is 2. The Morgan fingerprint density at radius 1 is 1.24 bits per heavy atom. The molecule has 0 saturated carbocycles. The molecule has 0 bridgehead atoms. The summed E-state index contributed by atoms with van der Waals surface area (Å²) in [5.41, 5.74) is 3.33. The van der Waals surface area contributed by atoms with Gasteiger partial charge >= 0.3 is 0 Å². The summed E-state index contributed by atoms with van der Waals surface area (Å²) in [5.74, 6) is 1.53. The van der Waals surface area contributed by atoms with Crippen molar-refractivity contribution in [1.82, 2.24) is 15.3 Å². The van der Waals surface area contributed by atoms with Crippen molar-refractivity contribution >= 4 is 28.7 Å². The lowest BCUT2D eigenvalue weighted by Gasteiger charge is -2.29. The third kappa shape index (κ3) is 3.68. The molecule has 0 radical (unpaired) electrons. The Bertz CT molecular complexity index is 1050. The number of benzene rings is 1. The summed E-state index contributed by atoms with van der Waals surface area (Å²) < 4.78 is 5.57. The van der Waals surface area contributed by atoms with E-state index in [9.17, 15) is 4.79 Å². The molecule has 5 rings (SSSR count). The van der Waals surface area contributed by atoms with Gasteiger partial charge in [0.25, 0.3) is 5.91 Å². The molecule has 0 unspecified atom stereocenters. The quantitative estimate of drug-likeness (QED) is 0.692. The molecule has 0 aliphatic carbocycles. The molecule has 148 valence electrons. The van der Waals surface area contributed by atoms with Crippen LogP contribution in [0, 0.1) is 0 Å². The average Bonchev–Trinajstić information content (AvgIpc) is 3.44. The lowest BCUT2D eigenvalue weighted by Crippen LogP contribution is -2.44. The van der Waals surface area contributed by atoms with Gasteiger partial charge in [0.1, 0.15) is 16.5 Å². The van der Waals surface area contributed by atoms with Crippen molar-refractivity contribution in [3.8, 4) is 16.3 Å². The zero-order valence-electron chi connectivity index (χ0n) is 15.9. The van der Waals surface area contributed by atoms with Gasteiger partial charge in [-0.15, -0.1) is 11.3 Å². The van der Waals surface area contributed by atoms with Gasteiger partial charge in [-0.3, -0.25) is 4.79 Å². The van der Waals surface area contributed by atoms with E-state index in [0.717, 1.165) is 61.3 Å². The van der Waals surface area contributed by atoms with Crippen molar-refractivity contribution in [3.05, 3.63) is 53.2 Å². The zero-order chi connectivity index (χ0) is 19.6. The number of rotatable bonds is 4. The van der Waals surface area contributed by atoms with Crippen LogP contribution in [0.15, 0.2) is 41.9 Å². The minimum absolute atomic E-state index is 0.221. The van der Waals surface area contributed by atoms with Crippen LogP contribution in [0.4, 0.5) is 11.5 Å². The molecular formula is C21H21N5O2S. The molecule has 0 atom stereocenters. The summed E-state index contributed by atoms with van der Waals surface area (Å²) in [6.45, 7) is 4.27. The van der Waals surface area contributed by atoms with Crippen LogP contribution in [0.3, 0.4) is 0 Å². The molecule has 7 nitrogen and oxygen atoms in total. The largest absolute Gasteiger partial charge is 0.493 e. The second-order valence-corrected chi connectivity index (χ2v) is 7.88. The number of carbonyl (C=O) groups excluding carboxylic acids is 1. The third-order valence-electron chi connectivity index (χ3n) is 5.12. The monoisotopic (exact) mass is 407 g/mol. The molecule has 1 amide bonds. The molecule has 2 aromatic heterocycles. The van der Waals surface area contributed by atoms with Crippen molar-refractivity contribution in [2.24, 2.45) is 0 Å². The van der Waals surface area contributed by atoms with Gasteiger partial charge in [0.15, 0.2) is 5.82 Å². The van der Waals surface area contributed by atoms with E-state index in [4.69, 9.17) is 4.74 Å². The lowest BCUT2D eigenvalue weighted by atomic mass is 10.1. The predicted octanol–water partition coefficient (Wildman–Crippen LogP) is 2.80. The summed E-state index contributed by atoms with van der Waals surface area (Å²) in [5, 5.41) is 8.95. The number of fused-ring (bicyclic) bond motifs is 1. The Balaban J connectivity index is 1.35. The van der Waals surface area contributed by atoms with Crippen LogP contribution in [0.2, 0.25) is 0 Å². The number of anilines is 2. The van der Waals surface area contributed by atoms with Crippen LogP contribution >= 0.6 is 11.3 Å². The SMILES string of the molecule is O=C(Nc1cccnc1N1CCNCC1)c1csc(-c2ccc3c(c2)CCO3)n1. The van der Waals surface area contributed by atoms with E-state index < -0.39 is 0 Å². The number of ether oxygens (including phenoxy) is 1. The molecule has 4 heterocycles. The van der Waals surface area contributed by atoms with Crippen LogP contribution in [0.1, 0.15) is 16.1 Å². The molecule has 1 saturated heterocycles. The summed E-state index contributed by atoms with van der Waals surface area (Å²) >= 11 is 1.47. The summed E-state index contributed by atoms with van der Waals surface area (Å²) in [7, 11) is 0. The maximum absolute atomic E-state index is 12.8. The molecule has 0 spiro atoms. The Morgan fingerprint density at radius 3 is 3.03 bits per heavy atom. The Labute approximate surface area is 172 Å². The van der Waals surface area contributed by atoms with E-state index >= 15 is 0 Å². The topological polar surface area (TPSA) is 79.4 Å². The molecule has 3 aromatic rings. The van der Waals surface area contributed by atoms with E-state index in [1.54, 1.807) is 11.6 Å². The minimum atomic E-state index is -0.221. The Morgan fingerprint density at radius 2 is 2.14 bits per heavy atom. The molecular weight excluding hydrogens is 386 g/mol. The summed E-state index contributed by atoms with van der Waals surface area (Å²) in [4.78, 5) is 24.1. The highest BCUT2D eigenvalue weighted by molar-refractivity contribution is 7.13. The van der Waals surface area contributed by atoms with Gasteiger partial charge in [-0.1, -0.05) is 0 Å². The first kappa shape index (κ1) is 18.1. The number of hydrogen-bond acceptors (Lipinski definition) is 7. The van der Waals surface area contributed by atoms with Crippen LogP contribution in [0.5, 0.6) is 5.75 Å². The first-order valence-electron chi connectivity index (χ1n) is 9.71. The maximum atomic E-state index is 12.8. The molecule has 8 heteroatoms. The fourth-order valence-electron chi connectivity index (χ4n) is 3.64. The number of aromatic nitrogens is 2. The van der Waals surface area contributed by atoms with Crippen molar-refractivity contribution in [2.45, 2.75) is 6.42 Å². The summed E-state index contributed by atoms with van der Waals surface area (Å²) in [6.07, 6.45) is 2.67. The van der Waals surface area contributed by atoms with Crippen LogP contribution in [-0.4, -0.2) is 48.7 Å². The van der Waals surface area contributed by atoms with Gasteiger partial charge in [0.05, 0.1) is 12.3 Å². The fraction of sp³-hybridized carbons (Fsp3) is 0.286. The first-order valence-corrected chi connectivity index (χ1v) is 10.6. The number of piperazine rings is 1. The van der Waals surface area contributed by atoms with Crippen LogP contribution < -0.4 is 20.3 Å². The highest BCUT2D eigenvalue weighted by Crippen LogP contribution is 2.32. The Kier molecular flexibility index (Phi) is 4.87. The zero-order valence-corrected chi connectivity index (χ0v) is 16.7. The van der Waals surface area contributed by atoms with E-state index in [1.165, 1.54) is 16.9 Å². The number of pyridine rings is 1. The van der Waals surface area contributed by atoms with Gasteiger partial charge in [-0.05, 0) is 35.9 Å². The molecule has 2 aliphatic heterocycles. The first-order chi connectivity index (χ1) is 14.3. The highest BCUT2D eigenvalue weighted by Gasteiger charge is 2.19. The smallest absolute Gasteiger partial charge is 0.275 e. The number of nitrogens with one attached hydrogen (secondary N) is 2. The van der Waals surface area contributed by atoms with Crippen molar-refractivity contribution in [1.29, 1.82) is 0 Å². The van der Waals surface area contributed by atoms with Gasteiger partial charge < -0.3 is 20.3 Å². The number of carbonyl (C=O) groups is 1. The van der Waals surface area contributed by atoms with Crippen molar-refractivity contribution in [3.63, 3.8) is 0 Å². The van der Waals surface area contributed by atoms with Gasteiger partial charge in [0.2, 0.25) is 0 Å². The van der Waals surface area contributed by atoms with E-state index in [2.05, 4.69) is 31.6 Å². The average molecular weight is 407 g/mol. The second kappa shape index (κ2) is 7.81. The highest BCUT2D eigenvalue weighted by atomic mass is 32.1. The summed E-state index contributed by atoms with van der Waals surface area (Å²) in [6, 6.07) is 9.80. The normalized spacial score (nSPS) is 15.7. The molecule has 1 aromatic carbocycles. The number of nitrogens with zero attached hydrogens (tertiary/aromatic N) is 3. The van der Waals surface area contributed by atoms with Crippen LogP contribution in [-0.2, 0) is 6.42 Å². The molecule has 2 aliphatic rings.